The van der Waals surface area contributed by atoms with Crippen LogP contribution in [0.4, 0.5) is 0 Å². The highest BCUT2D eigenvalue weighted by atomic mass is 16.6. The predicted octanol–water partition coefficient (Wildman–Crippen LogP) is 6.88. The first-order valence-electron chi connectivity index (χ1n) is 16.1. The lowest BCUT2D eigenvalue weighted by atomic mass is 9.87. The van der Waals surface area contributed by atoms with Gasteiger partial charge in [-0.3, -0.25) is 0 Å². The van der Waals surface area contributed by atoms with Crippen LogP contribution in [0.1, 0.15) is 115 Å². The van der Waals surface area contributed by atoms with Gasteiger partial charge in [0.25, 0.3) is 0 Å². The highest BCUT2D eigenvalue weighted by Gasteiger charge is 2.29. The molecule has 8 nitrogen and oxygen atoms in total. The van der Waals surface area contributed by atoms with E-state index >= 15 is 0 Å². The van der Waals surface area contributed by atoms with Crippen molar-refractivity contribution >= 4 is 0 Å². The lowest BCUT2D eigenvalue weighted by molar-refractivity contribution is 0.324. The fraction of sp³-hybridized carbons (Fsp3) is 0.750. The van der Waals surface area contributed by atoms with Crippen molar-refractivity contribution in [3.8, 4) is 0 Å². The summed E-state index contributed by atoms with van der Waals surface area (Å²) in [6.45, 7) is 32.3. The first kappa shape index (κ1) is 39.6. The van der Waals surface area contributed by atoms with Crippen LogP contribution in [-0.2, 0) is 34.5 Å². The Morgan fingerprint density at radius 1 is 0.614 bits per heavy atom. The molecule has 2 unspecified atom stereocenters. The van der Waals surface area contributed by atoms with E-state index < -0.39 is 17.1 Å². The Morgan fingerprint density at radius 2 is 0.955 bits per heavy atom. The Bertz CT molecular complexity index is 1230. The molecule has 1 aromatic heterocycles. The predicted molar refractivity (Wildman–Crippen MR) is 183 cm³/mol. The zero-order valence-electron chi connectivity index (χ0n) is 30.4. The second-order valence-electron chi connectivity index (χ2n) is 17.4. The molecule has 44 heavy (non-hydrogen) atoms. The van der Waals surface area contributed by atoms with E-state index in [0.717, 1.165) is 15.6 Å². The molecule has 0 saturated carbocycles. The Labute approximate surface area is 266 Å². The van der Waals surface area contributed by atoms with Crippen LogP contribution in [0.15, 0.2) is 44.7 Å². The van der Waals surface area contributed by atoms with E-state index in [-0.39, 0.29) is 30.7 Å². The zero-order chi connectivity index (χ0) is 34.1. The summed E-state index contributed by atoms with van der Waals surface area (Å²) in [5.74, 6) is 0. The van der Waals surface area contributed by atoms with Crippen LogP contribution in [0.2, 0.25) is 0 Å². The molecule has 0 spiro atoms. The minimum absolute atomic E-state index is 0.110. The topological polar surface area (TPSA) is 91.1 Å². The molecule has 2 aromatic rings. The minimum Gasteiger partial charge on any atom is -0.371 e. The van der Waals surface area contributed by atoms with Gasteiger partial charge in [0, 0.05) is 6.54 Å². The molecular formula is C36H63N3O5. The number of hydrogen-bond acceptors (Lipinski definition) is 5. The molecule has 4 rings (SSSR count). The van der Waals surface area contributed by atoms with Gasteiger partial charge in [-0.15, -0.1) is 0 Å². The van der Waals surface area contributed by atoms with E-state index in [9.17, 15) is 14.4 Å². The number of rotatable bonds is 7. The highest BCUT2D eigenvalue weighted by molar-refractivity contribution is 5.22. The standard InChI is InChI=1S/C16H25N3O5.C10H14.2C5H12/c1-16(2,3)5-4-6-17-13(20)18(7-11-9-23-11)15(22)19(14(17)21)8-12-10-24-12;1-10(2,3)9-7-5-4-6-8-9;2*1-5(2,3)4/h11-12H,4-10H2,1-3H3;4-8H,1-3H3;2*1-4H3. The van der Waals surface area contributed by atoms with Crippen molar-refractivity contribution < 1.29 is 9.47 Å². The summed E-state index contributed by atoms with van der Waals surface area (Å²) in [6, 6.07) is 10.6. The molecule has 2 aliphatic rings. The van der Waals surface area contributed by atoms with Crippen LogP contribution in [0.25, 0.3) is 0 Å². The van der Waals surface area contributed by atoms with Crippen molar-refractivity contribution in [2.24, 2.45) is 16.2 Å². The number of ether oxygens (including phenoxy) is 2. The average Bonchev–Trinajstić information content (AvgIpc) is 3.76. The number of benzene rings is 1. The second-order valence-corrected chi connectivity index (χ2v) is 17.4. The van der Waals surface area contributed by atoms with E-state index in [1.165, 1.54) is 10.1 Å². The molecule has 3 heterocycles. The largest absolute Gasteiger partial charge is 0.371 e. The van der Waals surface area contributed by atoms with E-state index in [0.29, 0.717) is 42.4 Å². The van der Waals surface area contributed by atoms with Gasteiger partial charge in [0.05, 0.1) is 38.5 Å². The van der Waals surface area contributed by atoms with E-state index in [2.05, 4.69) is 127 Å². The molecule has 0 amide bonds. The molecule has 1 aromatic carbocycles. The lowest BCUT2D eigenvalue weighted by Gasteiger charge is -2.18. The summed E-state index contributed by atoms with van der Waals surface area (Å²) < 4.78 is 13.7. The fourth-order valence-corrected chi connectivity index (χ4v) is 3.65. The van der Waals surface area contributed by atoms with Gasteiger partial charge in [-0.05, 0) is 40.1 Å². The van der Waals surface area contributed by atoms with Crippen molar-refractivity contribution in [2.45, 2.75) is 147 Å². The third-order valence-electron chi connectivity index (χ3n) is 5.91. The fourth-order valence-electron chi connectivity index (χ4n) is 3.65. The molecule has 0 N–H and O–H groups in total. The molecule has 2 aliphatic heterocycles. The number of hydrogen-bond donors (Lipinski definition) is 0. The van der Waals surface area contributed by atoms with Crippen LogP contribution in [0, 0.1) is 16.2 Å². The van der Waals surface area contributed by atoms with Crippen LogP contribution in [-0.4, -0.2) is 39.1 Å². The second kappa shape index (κ2) is 16.2. The Morgan fingerprint density at radius 3 is 1.23 bits per heavy atom. The molecule has 0 radical (unpaired) electrons. The van der Waals surface area contributed by atoms with Gasteiger partial charge < -0.3 is 9.47 Å². The maximum absolute atomic E-state index is 12.6. The van der Waals surface area contributed by atoms with E-state index in [1.54, 1.807) is 0 Å². The highest BCUT2D eigenvalue weighted by Crippen LogP contribution is 2.21. The van der Waals surface area contributed by atoms with Gasteiger partial charge >= 0.3 is 17.1 Å². The van der Waals surface area contributed by atoms with Crippen molar-refractivity contribution in [3.05, 3.63) is 67.3 Å². The van der Waals surface area contributed by atoms with Crippen molar-refractivity contribution in [1.29, 1.82) is 0 Å². The van der Waals surface area contributed by atoms with Gasteiger partial charge in [-0.2, -0.15) is 0 Å². The Balaban J connectivity index is 0.000000396. The van der Waals surface area contributed by atoms with E-state index in [4.69, 9.17) is 9.47 Å². The zero-order valence-corrected chi connectivity index (χ0v) is 30.4. The summed E-state index contributed by atoms with van der Waals surface area (Å²) in [4.78, 5) is 37.7. The summed E-state index contributed by atoms with van der Waals surface area (Å²) >= 11 is 0. The van der Waals surface area contributed by atoms with Crippen LogP contribution >= 0.6 is 0 Å². The third-order valence-corrected chi connectivity index (χ3v) is 5.91. The van der Waals surface area contributed by atoms with Gasteiger partial charge in [-0.1, -0.05) is 127 Å². The lowest BCUT2D eigenvalue weighted by Crippen LogP contribution is -2.55. The van der Waals surface area contributed by atoms with Gasteiger partial charge in [0.15, 0.2) is 0 Å². The first-order chi connectivity index (χ1) is 19.9. The van der Waals surface area contributed by atoms with Crippen LogP contribution in [0.3, 0.4) is 0 Å². The van der Waals surface area contributed by atoms with Gasteiger partial charge in [0.1, 0.15) is 0 Å². The average molecular weight is 618 g/mol. The summed E-state index contributed by atoms with van der Waals surface area (Å²) in [6.07, 6.45) is 1.37. The summed E-state index contributed by atoms with van der Waals surface area (Å²) in [7, 11) is 0. The molecule has 2 saturated heterocycles. The maximum atomic E-state index is 12.6. The maximum Gasteiger partial charge on any atom is 0.336 e. The molecule has 2 atom stereocenters. The SMILES string of the molecule is CC(C)(C)C.CC(C)(C)C.CC(C)(C)CCCn1c(=O)n(CC2CO2)c(=O)n(CC2CO2)c1=O.CC(C)(C)c1ccccc1. The molecular weight excluding hydrogens is 554 g/mol. The Hall–Kier alpha value is -2.45. The van der Waals surface area contributed by atoms with Crippen molar-refractivity contribution in [2.75, 3.05) is 13.2 Å². The third kappa shape index (κ3) is 18.4. The van der Waals surface area contributed by atoms with Gasteiger partial charge in [0.2, 0.25) is 0 Å². The number of aromatic nitrogens is 3. The Kier molecular flexibility index (Phi) is 14.6. The normalized spacial score (nSPS) is 17.7. The van der Waals surface area contributed by atoms with E-state index in [1.807, 2.05) is 0 Å². The number of epoxide rings is 2. The smallest absolute Gasteiger partial charge is 0.336 e. The quantitative estimate of drug-likeness (QED) is 0.316. The molecule has 2 fully saturated rings. The van der Waals surface area contributed by atoms with Gasteiger partial charge in [-0.25, -0.2) is 28.1 Å². The summed E-state index contributed by atoms with van der Waals surface area (Å²) in [5, 5.41) is 0. The van der Waals surface area contributed by atoms with Crippen LogP contribution < -0.4 is 17.1 Å². The monoisotopic (exact) mass is 617 g/mol. The molecule has 0 bridgehead atoms. The molecule has 8 heteroatoms. The first-order valence-corrected chi connectivity index (χ1v) is 16.1. The van der Waals surface area contributed by atoms with Crippen molar-refractivity contribution in [3.63, 3.8) is 0 Å². The summed E-state index contributed by atoms with van der Waals surface area (Å²) in [5.41, 5.74) is 1.17. The van der Waals surface area contributed by atoms with Crippen molar-refractivity contribution in [1.82, 2.24) is 13.7 Å². The molecule has 252 valence electrons. The van der Waals surface area contributed by atoms with Crippen LogP contribution in [0.5, 0.6) is 0 Å². The minimum atomic E-state index is -0.567. The number of nitrogens with zero attached hydrogens (tertiary/aromatic N) is 3. The molecule has 0 aliphatic carbocycles.